The number of benzene rings is 2. The number of ether oxygens (including phenoxy) is 1. The summed E-state index contributed by atoms with van der Waals surface area (Å²) in [5.74, 6) is 0.636. The van der Waals surface area contributed by atoms with Gasteiger partial charge in [-0.25, -0.2) is 0 Å². The Morgan fingerprint density at radius 3 is 2.54 bits per heavy atom. The Morgan fingerprint density at radius 2 is 1.83 bits per heavy atom. The van der Waals surface area contributed by atoms with Crippen molar-refractivity contribution in [2.45, 2.75) is 39.5 Å². The summed E-state index contributed by atoms with van der Waals surface area (Å²) in [4.78, 5) is 12.3. The molecule has 0 atom stereocenters. The molecule has 0 aliphatic carbocycles. The molecule has 2 aromatic rings. The lowest BCUT2D eigenvalue weighted by Crippen LogP contribution is -2.12. The lowest BCUT2D eigenvalue weighted by Gasteiger charge is -2.10. The first kappa shape index (κ1) is 18.3. The molecular formula is C20H24ClNO2. The van der Waals surface area contributed by atoms with Crippen LogP contribution in [0.15, 0.2) is 42.5 Å². The van der Waals surface area contributed by atoms with Gasteiger partial charge in [-0.3, -0.25) is 4.79 Å². The maximum absolute atomic E-state index is 12.3. The van der Waals surface area contributed by atoms with Crippen molar-refractivity contribution in [3.05, 3.63) is 58.6 Å². The molecule has 0 fully saturated rings. The molecule has 0 aliphatic rings. The third-order valence-corrected chi connectivity index (χ3v) is 4.31. The Balaban J connectivity index is 1.90. The van der Waals surface area contributed by atoms with E-state index in [-0.39, 0.29) is 5.91 Å². The molecule has 24 heavy (non-hydrogen) atoms. The zero-order valence-corrected chi connectivity index (χ0v) is 15.0. The smallest absolute Gasteiger partial charge is 0.255 e. The number of amides is 1. The van der Waals surface area contributed by atoms with Crippen molar-refractivity contribution in [2.24, 2.45) is 0 Å². The lowest BCUT2D eigenvalue weighted by atomic mass is 10.1. The topological polar surface area (TPSA) is 38.3 Å². The summed E-state index contributed by atoms with van der Waals surface area (Å²) in [6.45, 7) is 4.79. The van der Waals surface area contributed by atoms with Crippen molar-refractivity contribution in [1.29, 1.82) is 0 Å². The van der Waals surface area contributed by atoms with E-state index in [2.05, 4.69) is 12.2 Å². The molecule has 128 valence electrons. The molecule has 1 amide bonds. The Morgan fingerprint density at radius 1 is 1.08 bits per heavy atom. The molecule has 0 saturated carbocycles. The second kappa shape index (κ2) is 9.33. The third-order valence-electron chi connectivity index (χ3n) is 3.90. The van der Waals surface area contributed by atoms with Crippen molar-refractivity contribution >= 4 is 23.2 Å². The molecule has 0 heterocycles. The van der Waals surface area contributed by atoms with Crippen LogP contribution in [-0.4, -0.2) is 12.5 Å². The number of halogens is 1. The Hall–Kier alpha value is -2.00. The molecular weight excluding hydrogens is 322 g/mol. The normalized spacial score (nSPS) is 10.5. The van der Waals surface area contributed by atoms with Crippen LogP contribution in [0.5, 0.6) is 5.75 Å². The molecule has 0 saturated heterocycles. The van der Waals surface area contributed by atoms with E-state index in [1.807, 2.05) is 31.2 Å². The van der Waals surface area contributed by atoms with Gasteiger partial charge in [0.05, 0.1) is 6.61 Å². The molecule has 0 spiro atoms. The molecule has 0 aliphatic heterocycles. The predicted octanol–water partition coefficient (Wildman–Crippen LogP) is 5.86. The van der Waals surface area contributed by atoms with E-state index in [9.17, 15) is 4.79 Å². The van der Waals surface area contributed by atoms with Gasteiger partial charge in [0, 0.05) is 16.3 Å². The summed E-state index contributed by atoms with van der Waals surface area (Å²) >= 11 is 6.08. The molecule has 3 nitrogen and oxygen atoms in total. The van der Waals surface area contributed by atoms with Crippen molar-refractivity contribution in [3.8, 4) is 5.75 Å². The first-order chi connectivity index (χ1) is 11.6. The molecule has 0 unspecified atom stereocenters. The van der Waals surface area contributed by atoms with E-state index in [1.54, 1.807) is 18.2 Å². The van der Waals surface area contributed by atoms with Gasteiger partial charge >= 0.3 is 0 Å². The first-order valence-corrected chi connectivity index (χ1v) is 8.79. The highest BCUT2D eigenvalue weighted by Crippen LogP contribution is 2.23. The molecule has 1 N–H and O–H groups in total. The van der Waals surface area contributed by atoms with Crippen LogP contribution in [0.2, 0.25) is 5.02 Å². The summed E-state index contributed by atoms with van der Waals surface area (Å²) in [5.41, 5.74) is 2.18. The zero-order valence-electron chi connectivity index (χ0n) is 14.3. The van der Waals surface area contributed by atoms with Crippen LogP contribution in [0, 0.1) is 6.92 Å². The Labute approximate surface area is 149 Å². The summed E-state index contributed by atoms with van der Waals surface area (Å²) in [5, 5.41) is 3.53. The van der Waals surface area contributed by atoms with Crippen molar-refractivity contribution in [1.82, 2.24) is 0 Å². The van der Waals surface area contributed by atoms with Crippen LogP contribution in [-0.2, 0) is 0 Å². The van der Waals surface area contributed by atoms with Gasteiger partial charge < -0.3 is 10.1 Å². The number of rotatable bonds is 8. The van der Waals surface area contributed by atoms with Gasteiger partial charge in [0.25, 0.3) is 5.91 Å². The second-order valence-corrected chi connectivity index (χ2v) is 6.21. The SMILES string of the molecule is CCCCCCOc1ccc(C(=O)Nc2cccc(Cl)c2C)cc1. The highest BCUT2D eigenvalue weighted by Gasteiger charge is 2.09. The average Bonchev–Trinajstić information content (AvgIpc) is 2.59. The number of carbonyl (C=O) groups excluding carboxylic acids is 1. The van der Waals surface area contributed by atoms with E-state index in [0.29, 0.717) is 17.2 Å². The van der Waals surface area contributed by atoms with Gasteiger partial charge in [-0.2, -0.15) is 0 Å². The molecule has 2 aromatic carbocycles. The van der Waals surface area contributed by atoms with Gasteiger partial charge in [0.2, 0.25) is 0 Å². The first-order valence-electron chi connectivity index (χ1n) is 8.41. The fraction of sp³-hybridized carbons (Fsp3) is 0.350. The second-order valence-electron chi connectivity index (χ2n) is 5.80. The maximum atomic E-state index is 12.3. The van der Waals surface area contributed by atoms with Crippen LogP contribution >= 0.6 is 11.6 Å². The summed E-state index contributed by atoms with van der Waals surface area (Å²) < 4.78 is 5.69. The number of unbranched alkanes of at least 4 members (excludes halogenated alkanes) is 3. The van der Waals surface area contributed by atoms with Crippen molar-refractivity contribution in [3.63, 3.8) is 0 Å². The van der Waals surface area contributed by atoms with Crippen LogP contribution in [0.4, 0.5) is 5.69 Å². The van der Waals surface area contributed by atoms with E-state index >= 15 is 0 Å². The molecule has 0 radical (unpaired) electrons. The van der Waals surface area contributed by atoms with Gasteiger partial charge in [0.1, 0.15) is 5.75 Å². The standard InChI is InChI=1S/C20H24ClNO2/c1-3-4-5-6-14-24-17-12-10-16(11-13-17)20(23)22-19-9-7-8-18(21)15(19)2/h7-13H,3-6,14H2,1-2H3,(H,22,23). The maximum Gasteiger partial charge on any atom is 0.255 e. The fourth-order valence-corrected chi connectivity index (χ4v) is 2.53. The predicted molar refractivity (Wildman–Crippen MR) is 100 cm³/mol. The quantitative estimate of drug-likeness (QED) is 0.608. The van der Waals surface area contributed by atoms with Crippen LogP contribution in [0.3, 0.4) is 0 Å². The fourth-order valence-electron chi connectivity index (χ4n) is 2.36. The highest BCUT2D eigenvalue weighted by atomic mass is 35.5. The van der Waals surface area contributed by atoms with E-state index in [4.69, 9.17) is 16.3 Å². The van der Waals surface area contributed by atoms with Gasteiger partial charge in [-0.05, 0) is 55.3 Å². The summed E-state index contributed by atoms with van der Waals surface area (Å²) in [6.07, 6.45) is 4.71. The van der Waals surface area contributed by atoms with E-state index in [0.717, 1.165) is 23.4 Å². The average molecular weight is 346 g/mol. The summed E-state index contributed by atoms with van der Waals surface area (Å²) in [6, 6.07) is 12.7. The van der Waals surface area contributed by atoms with Crippen LogP contribution < -0.4 is 10.1 Å². The van der Waals surface area contributed by atoms with E-state index < -0.39 is 0 Å². The number of carbonyl (C=O) groups is 1. The van der Waals surface area contributed by atoms with Gasteiger partial charge in [-0.15, -0.1) is 0 Å². The van der Waals surface area contributed by atoms with Gasteiger partial charge in [-0.1, -0.05) is 43.9 Å². The van der Waals surface area contributed by atoms with E-state index in [1.165, 1.54) is 19.3 Å². The largest absolute Gasteiger partial charge is 0.494 e. The minimum absolute atomic E-state index is 0.158. The number of nitrogens with one attached hydrogen (secondary N) is 1. The number of anilines is 1. The van der Waals surface area contributed by atoms with Crippen molar-refractivity contribution in [2.75, 3.05) is 11.9 Å². The lowest BCUT2D eigenvalue weighted by molar-refractivity contribution is 0.102. The summed E-state index contributed by atoms with van der Waals surface area (Å²) in [7, 11) is 0. The molecule has 0 bridgehead atoms. The monoisotopic (exact) mass is 345 g/mol. The number of hydrogen-bond acceptors (Lipinski definition) is 2. The highest BCUT2D eigenvalue weighted by molar-refractivity contribution is 6.31. The molecule has 0 aromatic heterocycles. The minimum atomic E-state index is -0.158. The molecule has 4 heteroatoms. The van der Waals surface area contributed by atoms with Crippen LogP contribution in [0.25, 0.3) is 0 Å². The van der Waals surface area contributed by atoms with Gasteiger partial charge in [0.15, 0.2) is 0 Å². The van der Waals surface area contributed by atoms with Crippen LogP contribution in [0.1, 0.15) is 48.5 Å². The Kier molecular flexibility index (Phi) is 7.13. The number of hydrogen-bond donors (Lipinski definition) is 1. The zero-order chi connectivity index (χ0) is 17.4. The third kappa shape index (κ3) is 5.27. The molecule has 2 rings (SSSR count). The van der Waals surface area contributed by atoms with Crippen molar-refractivity contribution < 1.29 is 9.53 Å². The Bertz CT molecular complexity index is 668. The minimum Gasteiger partial charge on any atom is -0.494 e.